The topological polar surface area (TPSA) is 93.2 Å². The van der Waals surface area contributed by atoms with Crippen molar-refractivity contribution in [3.63, 3.8) is 0 Å². The van der Waals surface area contributed by atoms with Gasteiger partial charge in [0.2, 0.25) is 16.0 Å². The molecule has 0 spiro atoms. The summed E-state index contributed by atoms with van der Waals surface area (Å²) in [6, 6.07) is 0. The Hall–Kier alpha value is -1.25. The molecule has 2 heterocycles. The molecule has 8 heteroatoms. The number of nitrogens with zero attached hydrogens (tertiary/aromatic N) is 2. The van der Waals surface area contributed by atoms with E-state index in [0.29, 0.717) is 25.5 Å². The molecule has 112 valence electrons. The number of hydrogen-bond donors (Lipinski definition) is 2. The number of ether oxygens (including phenoxy) is 1. The maximum Gasteiger partial charge on any atom is 0.243 e. The Kier molecular flexibility index (Phi) is 5.27. The monoisotopic (exact) mass is 300 g/mol. The maximum absolute atomic E-state index is 12.0. The average Bonchev–Trinajstić information content (AvgIpc) is 2.93. The van der Waals surface area contributed by atoms with Gasteiger partial charge in [-0.2, -0.15) is 0 Å². The van der Waals surface area contributed by atoms with E-state index in [1.807, 2.05) is 6.92 Å². The predicted molar refractivity (Wildman–Crippen MR) is 75.0 cm³/mol. The fourth-order valence-electron chi connectivity index (χ4n) is 2.01. The molecule has 0 saturated carbocycles. The number of nitrogens with one attached hydrogen (secondary N) is 2. The lowest BCUT2D eigenvalue weighted by Gasteiger charge is -2.10. The van der Waals surface area contributed by atoms with Gasteiger partial charge in [-0.15, -0.1) is 0 Å². The molecule has 0 bridgehead atoms. The van der Waals surface area contributed by atoms with Crippen molar-refractivity contribution >= 4 is 16.0 Å². The summed E-state index contributed by atoms with van der Waals surface area (Å²) in [6.07, 6.45) is 5.53. The van der Waals surface area contributed by atoms with Crippen LogP contribution in [0.2, 0.25) is 0 Å². The van der Waals surface area contributed by atoms with Crippen molar-refractivity contribution in [1.29, 1.82) is 0 Å². The Morgan fingerprint density at radius 1 is 1.40 bits per heavy atom. The highest BCUT2D eigenvalue weighted by Gasteiger charge is 2.18. The van der Waals surface area contributed by atoms with Crippen LogP contribution >= 0.6 is 0 Å². The lowest BCUT2D eigenvalue weighted by atomic mass is 10.2. The molecule has 0 aliphatic carbocycles. The van der Waals surface area contributed by atoms with Gasteiger partial charge in [0.05, 0.1) is 18.5 Å². The first kappa shape index (κ1) is 15.1. The van der Waals surface area contributed by atoms with Gasteiger partial charge in [0, 0.05) is 19.7 Å². The number of rotatable bonds is 7. The standard InChI is InChI=1S/C12H20N4O3S/c1-2-13-12-14-8-11(9-15-12)20(17,18)16-6-5-10-4-3-7-19-10/h8-10,16H,2-7H2,1H3,(H,13,14,15). The zero-order valence-electron chi connectivity index (χ0n) is 11.5. The Labute approximate surface area is 119 Å². The van der Waals surface area contributed by atoms with Crippen LogP contribution < -0.4 is 10.0 Å². The zero-order chi connectivity index (χ0) is 14.4. The molecule has 1 unspecified atom stereocenters. The van der Waals surface area contributed by atoms with Crippen molar-refractivity contribution in [1.82, 2.24) is 14.7 Å². The van der Waals surface area contributed by atoms with E-state index in [9.17, 15) is 8.42 Å². The van der Waals surface area contributed by atoms with Gasteiger partial charge in [-0.1, -0.05) is 0 Å². The van der Waals surface area contributed by atoms with Gasteiger partial charge in [-0.3, -0.25) is 0 Å². The maximum atomic E-state index is 12.0. The molecular formula is C12H20N4O3S. The van der Waals surface area contributed by atoms with Crippen LogP contribution in [-0.2, 0) is 14.8 Å². The van der Waals surface area contributed by atoms with Gasteiger partial charge in [0.1, 0.15) is 4.90 Å². The van der Waals surface area contributed by atoms with E-state index in [4.69, 9.17) is 4.74 Å². The van der Waals surface area contributed by atoms with Gasteiger partial charge in [-0.25, -0.2) is 23.1 Å². The van der Waals surface area contributed by atoms with Gasteiger partial charge >= 0.3 is 0 Å². The quantitative estimate of drug-likeness (QED) is 0.772. The summed E-state index contributed by atoms with van der Waals surface area (Å²) in [5.74, 6) is 0.422. The second kappa shape index (κ2) is 6.96. The van der Waals surface area contributed by atoms with Crippen molar-refractivity contribution in [3.8, 4) is 0 Å². The van der Waals surface area contributed by atoms with Crippen LogP contribution in [0.1, 0.15) is 26.2 Å². The summed E-state index contributed by atoms with van der Waals surface area (Å²) in [7, 11) is -3.54. The molecule has 2 N–H and O–H groups in total. The third kappa shape index (κ3) is 4.12. The van der Waals surface area contributed by atoms with E-state index >= 15 is 0 Å². The molecule has 1 aliphatic rings. The van der Waals surface area contributed by atoms with Gasteiger partial charge in [-0.05, 0) is 26.2 Å². The average molecular weight is 300 g/mol. The summed E-state index contributed by atoms with van der Waals surface area (Å²) < 4.78 is 32.0. The molecule has 1 aromatic rings. The van der Waals surface area contributed by atoms with E-state index < -0.39 is 10.0 Å². The van der Waals surface area contributed by atoms with Crippen molar-refractivity contribution in [3.05, 3.63) is 12.4 Å². The van der Waals surface area contributed by atoms with Crippen LogP contribution in [0.25, 0.3) is 0 Å². The highest BCUT2D eigenvalue weighted by molar-refractivity contribution is 7.89. The third-order valence-electron chi connectivity index (χ3n) is 3.06. The number of hydrogen-bond acceptors (Lipinski definition) is 6. The zero-order valence-corrected chi connectivity index (χ0v) is 12.3. The van der Waals surface area contributed by atoms with Crippen LogP contribution in [0.4, 0.5) is 5.95 Å². The van der Waals surface area contributed by atoms with Crippen LogP contribution in [0, 0.1) is 0 Å². The molecule has 1 saturated heterocycles. The van der Waals surface area contributed by atoms with E-state index in [2.05, 4.69) is 20.0 Å². The summed E-state index contributed by atoms with van der Waals surface area (Å²) in [5, 5.41) is 2.91. The molecule has 1 atom stereocenters. The Bertz CT molecular complexity index is 512. The van der Waals surface area contributed by atoms with Crippen molar-refractivity contribution in [2.45, 2.75) is 37.2 Å². The minimum atomic E-state index is -3.54. The van der Waals surface area contributed by atoms with Crippen molar-refractivity contribution in [2.75, 3.05) is 25.0 Å². The molecule has 20 heavy (non-hydrogen) atoms. The molecule has 0 aromatic carbocycles. The largest absolute Gasteiger partial charge is 0.378 e. The van der Waals surface area contributed by atoms with Crippen LogP contribution in [0.3, 0.4) is 0 Å². The molecule has 1 aliphatic heterocycles. The molecule has 2 rings (SSSR count). The highest BCUT2D eigenvalue weighted by atomic mass is 32.2. The molecule has 7 nitrogen and oxygen atoms in total. The van der Waals surface area contributed by atoms with Crippen LogP contribution in [0.15, 0.2) is 17.3 Å². The van der Waals surface area contributed by atoms with E-state index in [1.54, 1.807) is 0 Å². The third-order valence-corrected chi connectivity index (χ3v) is 4.47. The van der Waals surface area contributed by atoms with Gasteiger partial charge in [0.25, 0.3) is 0 Å². The molecule has 1 aromatic heterocycles. The minimum absolute atomic E-state index is 0.0755. The normalized spacial score (nSPS) is 19.1. The molecule has 0 amide bonds. The fourth-order valence-corrected chi connectivity index (χ4v) is 2.95. The Morgan fingerprint density at radius 2 is 2.15 bits per heavy atom. The second-order valence-electron chi connectivity index (χ2n) is 4.59. The van der Waals surface area contributed by atoms with Gasteiger partial charge in [0.15, 0.2) is 0 Å². The first-order valence-corrected chi connectivity index (χ1v) is 8.27. The van der Waals surface area contributed by atoms with Gasteiger partial charge < -0.3 is 10.1 Å². The summed E-state index contributed by atoms with van der Waals surface area (Å²) in [5.41, 5.74) is 0. The Morgan fingerprint density at radius 3 is 2.75 bits per heavy atom. The smallest absolute Gasteiger partial charge is 0.243 e. The number of anilines is 1. The van der Waals surface area contributed by atoms with Crippen LogP contribution in [0.5, 0.6) is 0 Å². The second-order valence-corrected chi connectivity index (χ2v) is 6.36. The number of sulfonamides is 1. The van der Waals surface area contributed by atoms with Crippen molar-refractivity contribution < 1.29 is 13.2 Å². The number of aromatic nitrogens is 2. The molecule has 0 radical (unpaired) electrons. The van der Waals surface area contributed by atoms with Crippen LogP contribution in [-0.4, -0.2) is 44.2 Å². The van der Waals surface area contributed by atoms with E-state index in [-0.39, 0.29) is 11.0 Å². The predicted octanol–water partition coefficient (Wildman–Crippen LogP) is 0.756. The summed E-state index contributed by atoms with van der Waals surface area (Å²) >= 11 is 0. The first-order chi connectivity index (χ1) is 9.62. The molecule has 1 fully saturated rings. The lowest BCUT2D eigenvalue weighted by molar-refractivity contribution is 0.105. The van der Waals surface area contributed by atoms with E-state index in [0.717, 1.165) is 19.4 Å². The van der Waals surface area contributed by atoms with Crippen molar-refractivity contribution in [2.24, 2.45) is 0 Å². The fraction of sp³-hybridized carbons (Fsp3) is 0.667. The summed E-state index contributed by atoms with van der Waals surface area (Å²) in [6.45, 7) is 3.74. The highest BCUT2D eigenvalue weighted by Crippen LogP contribution is 2.15. The first-order valence-electron chi connectivity index (χ1n) is 6.79. The van der Waals surface area contributed by atoms with E-state index in [1.165, 1.54) is 12.4 Å². The summed E-state index contributed by atoms with van der Waals surface area (Å²) in [4.78, 5) is 7.98. The minimum Gasteiger partial charge on any atom is -0.378 e. The Balaban J connectivity index is 1.88. The SMILES string of the molecule is CCNc1ncc(S(=O)(=O)NCCC2CCCO2)cn1. The molecular weight excluding hydrogens is 280 g/mol. The lowest BCUT2D eigenvalue weighted by Crippen LogP contribution is -2.27.